The Morgan fingerprint density at radius 1 is 1.00 bits per heavy atom. The van der Waals surface area contributed by atoms with E-state index in [0.717, 1.165) is 5.56 Å². The summed E-state index contributed by atoms with van der Waals surface area (Å²) < 4.78 is 0. The Bertz CT molecular complexity index is 811. The van der Waals surface area contributed by atoms with Crippen molar-refractivity contribution in [2.45, 2.75) is 38.7 Å². The molecule has 1 aromatic heterocycles. The lowest BCUT2D eigenvalue weighted by atomic mass is 9.75. The standard InChI is InChI=1S/C19H25BN4O4.BH3O3/c1-13(2)10-17(20(27)28)24-18(25)15(11-14-6-4-3-5-7-14)23-19(26)16-12-21-8-9-22-16;2-1(3)4/h3-9,12-13,15,17,27-28H,10-11H2,1-2H3,(H,23,26)(H,24,25);2-4H. The van der Waals surface area contributed by atoms with Crippen molar-refractivity contribution in [2.24, 2.45) is 5.92 Å². The molecule has 0 saturated heterocycles. The van der Waals surface area contributed by atoms with Gasteiger partial charge in [0.15, 0.2) is 0 Å². The van der Waals surface area contributed by atoms with Gasteiger partial charge in [-0.25, -0.2) is 4.98 Å². The van der Waals surface area contributed by atoms with Gasteiger partial charge in [-0.05, 0) is 17.9 Å². The smallest absolute Gasteiger partial charge is 0.426 e. The van der Waals surface area contributed by atoms with Crippen LogP contribution in [0, 0.1) is 5.92 Å². The van der Waals surface area contributed by atoms with Gasteiger partial charge >= 0.3 is 14.4 Å². The van der Waals surface area contributed by atoms with Gasteiger partial charge in [-0.15, -0.1) is 0 Å². The molecule has 0 bridgehead atoms. The molecular weight excluding hydrogens is 418 g/mol. The number of hydrogen-bond donors (Lipinski definition) is 7. The highest BCUT2D eigenvalue weighted by molar-refractivity contribution is 6.43. The fraction of sp³-hybridized carbons (Fsp3) is 0.368. The van der Waals surface area contributed by atoms with Gasteiger partial charge in [0.25, 0.3) is 5.91 Å². The van der Waals surface area contributed by atoms with Crippen molar-refractivity contribution in [3.8, 4) is 0 Å². The molecule has 1 heterocycles. The van der Waals surface area contributed by atoms with E-state index in [1.165, 1.54) is 18.6 Å². The van der Waals surface area contributed by atoms with Crippen LogP contribution in [-0.4, -0.2) is 73.3 Å². The zero-order valence-corrected chi connectivity index (χ0v) is 17.9. The van der Waals surface area contributed by atoms with Gasteiger partial charge in [-0.3, -0.25) is 14.6 Å². The number of hydrogen-bond acceptors (Lipinski definition) is 9. The van der Waals surface area contributed by atoms with Crippen molar-refractivity contribution in [3.63, 3.8) is 0 Å². The van der Waals surface area contributed by atoms with Crippen molar-refractivity contribution in [3.05, 3.63) is 60.2 Å². The van der Waals surface area contributed by atoms with Crippen LogP contribution < -0.4 is 10.6 Å². The van der Waals surface area contributed by atoms with E-state index in [2.05, 4.69) is 20.6 Å². The topological polar surface area (TPSA) is 185 Å². The summed E-state index contributed by atoms with van der Waals surface area (Å²) in [6.07, 6.45) is 4.78. The van der Waals surface area contributed by atoms with E-state index < -0.39 is 38.2 Å². The van der Waals surface area contributed by atoms with Crippen LogP contribution >= 0.6 is 0 Å². The molecule has 2 aromatic rings. The number of nitrogens with one attached hydrogen (secondary N) is 2. The highest BCUT2D eigenvalue weighted by atomic mass is 16.5. The van der Waals surface area contributed by atoms with Gasteiger partial charge < -0.3 is 35.8 Å². The number of rotatable bonds is 9. The van der Waals surface area contributed by atoms with Crippen LogP contribution in [-0.2, 0) is 11.2 Å². The first-order valence-electron chi connectivity index (χ1n) is 9.91. The molecular formula is C19H28B2N4O7. The van der Waals surface area contributed by atoms with Crippen LogP contribution in [0.15, 0.2) is 48.9 Å². The quantitative estimate of drug-likeness (QED) is 0.221. The average molecular weight is 446 g/mol. The Morgan fingerprint density at radius 3 is 2.12 bits per heavy atom. The predicted molar refractivity (Wildman–Crippen MR) is 117 cm³/mol. The number of aromatic nitrogens is 2. The normalized spacial score (nSPS) is 12.1. The van der Waals surface area contributed by atoms with Crippen LogP contribution in [0.3, 0.4) is 0 Å². The van der Waals surface area contributed by atoms with Crippen LogP contribution in [0.25, 0.3) is 0 Å². The summed E-state index contributed by atoms with van der Waals surface area (Å²) in [6.45, 7) is 3.83. The fourth-order valence-electron chi connectivity index (χ4n) is 2.75. The van der Waals surface area contributed by atoms with Crippen molar-refractivity contribution >= 4 is 26.3 Å². The summed E-state index contributed by atoms with van der Waals surface area (Å²) in [5.41, 5.74) is 0.946. The van der Waals surface area contributed by atoms with E-state index >= 15 is 0 Å². The molecule has 0 aliphatic heterocycles. The zero-order valence-electron chi connectivity index (χ0n) is 17.9. The summed E-state index contributed by atoms with van der Waals surface area (Å²) in [4.78, 5) is 33.1. The lowest BCUT2D eigenvalue weighted by Gasteiger charge is -2.24. The molecule has 2 atom stereocenters. The van der Waals surface area contributed by atoms with E-state index in [1.807, 2.05) is 44.2 Å². The molecule has 0 radical (unpaired) electrons. The van der Waals surface area contributed by atoms with Gasteiger partial charge in [-0.1, -0.05) is 44.2 Å². The largest absolute Gasteiger partial charge is 0.631 e. The SMILES string of the molecule is CC(C)CC(NC(=O)C(Cc1ccccc1)NC(=O)c1cnccn1)B(O)O.OB(O)O. The maximum absolute atomic E-state index is 12.8. The Balaban J connectivity index is 0.00000118. The molecule has 2 unspecified atom stereocenters. The molecule has 172 valence electrons. The molecule has 32 heavy (non-hydrogen) atoms. The molecule has 0 fully saturated rings. The molecule has 0 aliphatic rings. The van der Waals surface area contributed by atoms with Gasteiger partial charge in [0, 0.05) is 18.8 Å². The van der Waals surface area contributed by atoms with E-state index in [0.29, 0.717) is 6.42 Å². The van der Waals surface area contributed by atoms with Gasteiger partial charge in [-0.2, -0.15) is 0 Å². The van der Waals surface area contributed by atoms with Gasteiger partial charge in [0.1, 0.15) is 11.7 Å². The third-order valence-corrected chi connectivity index (χ3v) is 4.11. The minimum atomic E-state index is -2.17. The first kappa shape index (κ1) is 27.2. The molecule has 0 spiro atoms. The van der Waals surface area contributed by atoms with Crippen molar-refractivity contribution < 1.29 is 34.7 Å². The van der Waals surface area contributed by atoms with E-state index in [1.54, 1.807) is 0 Å². The predicted octanol–water partition coefficient (Wildman–Crippen LogP) is -1.69. The van der Waals surface area contributed by atoms with Crippen LogP contribution in [0.4, 0.5) is 0 Å². The Hall–Kier alpha value is -2.83. The molecule has 2 amide bonds. The van der Waals surface area contributed by atoms with Crippen molar-refractivity contribution in [1.29, 1.82) is 0 Å². The summed E-state index contributed by atoms with van der Waals surface area (Å²) in [5, 5.41) is 46.0. The van der Waals surface area contributed by atoms with E-state index in [-0.39, 0.29) is 18.0 Å². The van der Waals surface area contributed by atoms with Crippen LogP contribution in [0.2, 0.25) is 0 Å². The number of nitrogens with zero attached hydrogens (tertiary/aromatic N) is 2. The third-order valence-electron chi connectivity index (χ3n) is 4.11. The highest BCUT2D eigenvalue weighted by Gasteiger charge is 2.30. The Kier molecular flexibility index (Phi) is 12.1. The Labute approximate surface area is 186 Å². The summed E-state index contributed by atoms with van der Waals surface area (Å²) >= 11 is 0. The number of carbonyl (C=O) groups excluding carboxylic acids is 2. The Morgan fingerprint density at radius 2 is 1.62 bits per heavy atom. The second-order valence-electron chi connectivity index (χ2n) is 7.31. The first-order valence-corrected chi connectivity index (χ1v) is 9.91. The minimum Gasteiger partial charge on any atom is -0.426 e. The lowest BCUT2D eigenvalue weighted by molar-refractivity contribution is -0.123. The third kappa shape index (κ3) is 11.0. The molecule has 0 saturated carbocycles. The van der Waals surface area contributed by atoms with E-state index in [9.17, 15) is 19.6 Å². The highest BCUT2D eigenvalue weighted by Crippen LogP contribution is 2.09. The number of amides is 2. The molecule has 2 rings (SSSR count). The van der Waals surface area contributed by atoms with Gasteiger partial charge in [0.05, 0.1) is 12.1 Å². The molecule has 13 heteroatoms. The minimum absolute atomic E-state index is 0.0919. The van der Waals surface area contributed by atoms with Crippen LogP contribution in [0.1, 0.15) is 36.3 Å². The number of carbonyl (C=O) groups is 2. The average Bonchev–Trinajstić information content (AvgIpc) is 2.73. The maximum atomic E-state index is 12.8. The number of benzene rings is 1. The lowest BCUT2D eigenvalue weighted by Crippen LogP contribution is -2.55. The molecule has 0 aliphatic carbocycles. The van der Waals surface area contributed by atoms with Crippen molar-refractivity contribution in [1.82, 2.24) is 20.6 Å². The monoisotopic (exact) mass is 446 g/mol. The summed E-state index contributed by atoms with van der Waals surface area (Å²) in [7, 11) is -3.86. The van der Waals surface area contributed by atoms with E-state index in [4.69, 9.17) is 15.1 Å². The van der Waals surface area contributed by atoms with Gasteiger partial charge in [0.2, 0.25) is 5.91 Å². The molecule has 1 aromatic carbocycles. The second-order valence-corrected chi connectivity index (χ2v) is 7.31. The van der Waals surface area contributed by atoms with Crippen LogP contribution in [0.5, 0.6) is 0 Å². The van der Waals surface area contributed by atoms with Crippen molar-refractivity contribution in [2.75, 3.05) is 0 Å². The summed E-state index contributed by atoms with van der Waals surface area (Å²) in [6, 6.07) is 8.33. The first-order chi connectivity index (χ1) is 15.1. The maximum Gasteiger partial charge on any atom is 0.631 e. The summed E-state index contributed by atoms with van der Waals surface area (Å²) in [5.74, 6) is -1.72. The second kappa shape index (κ2) is 14.3. The molecule has 11 nitrogen and oxygen atoms in total. The zero-order chi connectivity index (χ0) is 24.1. The fourth-order valence-corrected chi connectivity index (χ4v) is 2.75. The molecule has 7 N–H and O–H groups in total.